The van der Waals surface area contributed by atoms with Crippen molar-refractivity contribution in [3.8, 4) is 0 Å². The van der Waals surface area contributed by atoms with Crippen LogP contribution in [0.3, 0.4) is 0 Å². The zero-order valence-electron chi connectivity index (χ0n) is 9.87. The van der Waals surface area contributed by atoms with Gasteiger partial charge in [0.1, 0.15) is 5.60 Å². The van der Waals surface area contributed by atoms with Gasteiger partial charge in [0, 0.05) is 7.05 Å². The summed E-state index contributed by atoms with van der Waals surface area (Å²) in [7, 11) is 1.62. The lowest BCUT2D eigenvalue weighted by Gasteiger charge is -2.29. The van der Waals surface area contributed by atoms with E-state index < -0.39 is 17.8 Å². The van der Waals surface area contributed by atoms with Crippen LogP contribution in [0, 0.1) is 0 Å². The quantitative estimate of drug-likeness (QED) is 0.742. The van der Waals surface area contributed by atoms with Gasteiger partial charge in [-0.2, -0.15) is 0 Å². The highest BCUT2D eigenvalue weighted by atomic mass is 16.6. The molecule has 14 heavy (non-hydrogen) atoms. The Hall–Kier alpha value is -0.770. The van der Waals surface area contributed by atoms with Crippen molar-refractivity contribution in [1.82, 2.24) is 4.90 Å². The molecule has 0 aliphatic carbocycles. The molecule has 0 aliphatic rings. The van der Waals surface area contributed by atoms with Crippen LogP contribution in [-0.2, 0) is 4.74 Å². The van der Waals surface area contributed by atoms with Crippen LogP contribution >= 0.6 is 0 Å². The molecule has 0 radical (unpaired) electrons. The second-order valence-electron chi connectivity index (χ2n) is 4.57. The summed E-state index contributed by atoms with van der Waals surface area (Å²) in [6, 6.07) is -0.246. The molecule has 0 aromatic heterocycles. The molecule has 84 valence electrons. The highest BCUT2D eigenvalue weighted by molar-refractivity contribution is 5.68. The summed E-state index contributed by atoms with van der Waals surface area (Å²) in [4.78, 5) is 12.9. The van der Waals surface area contributed by atoms with Gasteiger partial charge in [-0.05, 0) is 34.6 Å². The molecule has 0 aliphatic heterocycles. The Morgan fingerprint density at radius 1 is 1.36 bits per heavy atom. The lowest BCUT2D eigenvalue weighted by molar-refractivity contribution is 0.00838. The van der Waals surface area contributed by atoms with Crippen molar-refractivity contribution in [3.05, 3.63) is 0 Å². The molecule has 0 bridgehead atoms. The fourth-order valence-corrected chi connectivity index (χ4v) is 0.824. The third kappa shape index (κ3) is 4.46. The van der Waals surface area contributed by atoms with Crippen molar-refractivity contribution >= 4 is 6.09 Å². The average molecular weight is 203 g/mol. The molecular formula is C10H21NO3. The van der Waals surface area contributed by atoms with Gasteiger partial charge in [0.05, 0.1) is 12.1 Å². The molecule has 2 atom stereocenters. The molecule has 0 unspecified atom stereocenters. The van der Waals surface area contributed by atoms with Crippen molar-refractivity contribution in [1.29, 1.82) is 0 Å². The van der Waals surface area contributed by atoms with Gasteiger partial charge in [0.2, 0.25) is 0 Å². The number of ether oxygens (including phenoxy) is 1. The Morgan fingerprint density at radius 2 is 1.79 bits per heavy atom. The van der Waals surface area contributed by atoms with Gasteiger partial charge >= 0.3 is 6.09 Å². The van der Waals surface area contributed by atoms with E-state index in [1.165, 1.54) is 4.90 Å². The monoisotopic (exact) mass is 203 g/mol. The molecule has 0 aromatic carbocycles. The van der Waals surface area contributed by atoms with E-state index >= 15 is 0 Å². The summed E-state index contributed by atoms with van der Waals surface area (Å²) in [6.45, 7) is 8.85. The van der Waals surface area contributed by atoms with E-state index in [-0.39, 0.29) is 6.04 Å². The number of hydrogen-bond donors (Lipinski definition) is 1. The first-order valence-corrected chi connectivity index (χ1v) is 4.79. The van der Waals surface area contributed by atoms with Gasteiger partial charge in [-0.3, -0.25) is 0 Å². The second-order valence-corrected chi connectivity index (χ2v) is 4.57. The smallest absolute Gasteiger partial charge is 0.410 e. The number of aliphatic hydroxyl groups excluding tert-OH is 1. The predicted molar refractivity (Wildman–Crippen MR) is 55.1 cm³/mol. The molecule has 0 fully saturated rings. The van der Waals surface area contributed by atoms with Crippen LogP contribution < -0.4 is 0 Å². The molecule has 1 amide bonds. The summed E-state index contributed by atoms with van der Waals surface area (Å²) in [5, 5.41) is 9.29. The Kier molecular flexibility index (Phi) is 4.39. The maximum atomic E-state index is 11.5. The minimum atomic E-state index is -0.562. The third-order valence-electron chi connectivity index (χ3n) is 1.99. The van der Waals surface area contributed by atoms with Gasteiger partial charge in [-0.25, -0.2) is 4.79 Å². The van der Waals surface area contributed by atoms with E-state index in [1.807, 2.05) is 20.8 Å². The number of amides is 1. The Morgan fingerprint density at radius 3 is 2.07 bits per heavy atom. The molecule has 0 rings (SSSR count). The fraction of sp³-hybridized carbons (Fsp3) is 0.900. The van der Waals surface area contributed by atoms with Crippen LogP contribution in [0.25, 0.3) is 0 Å². The van der Waals surface area contributed by atoms with Crippen molar-refractivity contribution in [2.75, 3.05) is 7.05 Å². The second kappa shape index (κ2) is 4.64. The molecule has 0 aromatic rings. The maximum Gasteiger partial charge on any atom is 0.410 e. The molecule has 0 heterocycles. The number of nitrogens with zero attached hydrogens (tertiary/aromatic N) is 1. The molecule has 4 heteroatoms. The summed E-state index contributed by atoms with van der Waals surface area (Å²) >= 11 is 0. The molecule has 4 nitrogen and oxygen atoms in total. The highest BCUT2D eigenvalue weighted by Crippen LogP contribution is 2.11. The van der Waals surface area contributed by atoms with E-state index in [9.17, 15) is 9.90 Å². The molecule has 0 spiro atoms. The largest absolute Gasteiger partial charge is 0.444 e. The van der Waals surface area contributed by atoms with Crippen molar-refractivity contribution in [3.63, 3.8) is 0 Å². The standard InChI is InChI=1S/C10H21NO3/c1-7(8(2)12)11(6)9(13)14-10(3,4)5/h7-8,12H,1-6H3/t7-,8-/m1/s1. The first-order chi connectivity index (χ1) is 6.15. The minimum Gasteiger partial charge on any atom is -0.444 e. The van der Waals surface area contributed by atoms with Crippen LogP contribution in [-0.4, -0.2) is 40.9 Å². The number of aliphatic hydroxyl groups is 1. The normalized spacial score (nSPS) is 15.9. The lowest BCUT2D eigenvalue weighted by Crippen LogP contribution is -2.44. The lowest BCUT2D eigenvalue weighted by atomic mass is 10.2. The van der Waals surface area contributed by atoms with E-state index in [4.69, 9.17) is 4.74 Å². The van der Waals surface area contributed by atoms with E-state index in [0.29, 0.717) is 0 Å². The number of carbonyl (C=O) groups is 1. The zero-order chi connectivity index (χ0) is 11.5. The van der Waals surface area contributed by atoms with Crippen molar-refractivity contribution < 1.29 is 14.6 Å². The molecule has 0 saturated heterocycles. The van der Waals surface area contributed by atoms with E-state index in [2.05, 4.69) is 0 Å². The van der Waals surface area contributed by atoms with Gasteiger partial charge in [-0.1, -0.05) is 0 Å². The minimum absolute atomic E-state index is 0.246. The molecular weight excluding hydrogens is 182 g/mol. The van der Waals surface area contributed by atoms with Crippen LogP contribution in [0.15, 0.2) is 0 Å². The topological polar surface area (TPSA) is 49.8 Å². The van der Waals surface area contributed by atoms with Gasteiger partial charge in [-0.15, -0.1) is 0 Å². The van der Waals surface area contributed by atoms with Crippen LogP contribution in [0.1, 0.15) is 34.6 Å². The maximum absolute atomic E-state index is 11.5. The first kappa shape index (κ1) is 13.2. The molecule has 0 saturated carbocycles. The number of likely N-dealkylation sites (N-methyl/N-ethyl adjacent to an activating group) is 1. The van der Waals surface area contributed by atoms with Crippen molar-refractivity contribution in [2.45, 2.75) is 52.4 Å². The van der Waals surface area contributed by atoms with Crippen LogP contribution in [0.5, 0.6) is 0 Å². The Labute approximate surface area is 85.9 Å². The van der Waals surface area contributed by atoms with E-state index in [0.717, 1.165) is 0 Å². The summed E-state index contributed by atoms with van der Waals surface area (Å²) in [6.07, 6.45) is -0.974. The average Bonchev–Trinajstić information content (AvgIpc) is 1.98. The van der Waals surface area contributed by atoms with E-state index in [1.54, 1.807) is 20.9 Å². The van der Waals surface area contributed by atoms with Crippen LogP contribution in [0.2, 0.25) is 0 Å². The number of carbonyl (C=O) groups excluding carboxylic acids is 1. The summed E-state index contributed by atoms with van der Waals surface area (Å²) < 4.78 is 5.15. The summed E-state index contributed by atoms with van der Waals surface area (Å²) in [5.74, 6) is 0. The van der Waals surface area contributed by atoms with Crippen molar-refractivity contribution in [2.24, 2.45) is 0 Å². The van der Waals surface area contributed by atoms with Gasteiger partial charge in [0.25, 0.3) is 0 Å². The predicted octanol–water partition coefficient (Wildman–Crippen LogP) is 1.62. The Balaban J connectivity index is 4.26. The van der Waals surface area contributed by atoms with Gasteiger partial charge in [0.15, 0.2) is 0 Å². The highest BCUT2D eigenvalue weighted by Gasteiger charge is 2.24. The summed E-state index contributed by atoms with van der Waals surface area (Å²) in [5.41, 5.74) is -0.496. The SMILES string of the molecule is C[C@H]([C@@H](C)O)N(C)C(=O)OC(C)(C)C. The zero-order valence-corrected chi connectivity index (χ0v) is 9.87. The Bertz CT molecular complexity index is 196. The molecule has 1 N–H and O–H groups in total. The van der Waals surface area contributed by atoms with Crippen LogP contribution in [0.4, 0.5) is 4.79 Å². The van der Waals surface area contributed by atoms with Gasteiger partial charge < -0.3 is 14.7 Å². The number of rotatable bonds is 2. The third-order valence-corrected chi connectivity index (χ3v) is 1.99. The number of hydrogen-bond acceptors (Lipinski definition) is 3. The fourth-order valence-electron chi connectivity index (χ4n) is 0.824. The first-order valence-electron chi connectivity index (χ1n) is 4.79.